The van der Waals surface area contributed by atoms with E-state index in [1.807, 2.05) is 0 Å². The second-order valence-electron chi connectivity index (χ2n) is 7.54. The van der Waals surface area contributed by atoms with Crippen LogP contribution in [-0.2, 0) is 9.47 Å². The fourth-order valence-corrected chi connectivity index (χ4v) is 4.31. The zero-order valence-corrected chi connectivity index (χ0v) is 20.1. The molecule has 0 aromatic heterocycles. The van der Waals surface area contributed by atoms with Gasteiger partial charge in [0.2, 0.25) is 0 Å². The third-order valence-electron chi connectivity index (χ3n) is 5.86. The molecule has 160 valence electrons. The molecule has 2 rings (SSSR count). The fourth-order valence-electron chi connectivity index (χ4n) is 4.31. The Kier molecular flexibility index (Phi) is 12.9. The normalized spacial score (nSPS) is 22.8. The molecule has 0 radical (unpaired) electrons. The number of halogens is 1. The molecule has 1 N–H and O–H groups in total. The number of hydrogen-bond acceptors (Lipinski definition) is 4. The van der Waals surface area contributed by atoms with Crippen LogP contribution in [0.25, 0.3) is 0 Å². The van der Waals surface area contributed by atoms with E-state index in [1.165, 1.54) is 19.3 Å². The predicted octanol–water partition coefficient (Wildman–Crippen LogP) is 2.68. The molecule has 0 amide bonds. The molecule has 2 unspecified atom stereocenters. The summed E-state index contributed by atoms with van der Waals surface area (Å²) in [6.45, 7) is 15.3. The van der Waals surface area contributed by atoms with E-state index in [4.69, 9.17) is 14.5 Å². The Labute approximate surface area is 183 Å². The first-order valence-electron chi connectivity index (χ1n) is 10.6. The molecule has 27 heavy (non-hydrogen) atoms. The number of methoxy groups -OCH3 is 1. The first-order chi connectivity index (χ1) is 12.7. The lowest BCUT2D eigenvalue weighted by molar-refractivity contribution is 0.00391. The lowest BCUT2D eigenvalue weighted by atomic mass is 9.92. The van der Waals surface area contributed by atoms with Gasteiger partial charge in [0.25, 0.3) is 0 Å². The summed E-state index contributed by atoms with van der Waals surface area (Å²) in [5.41, 5.74) is 0. The molecule has 2 atom stereocenters. The number of rotatable bonds is 9. The number of nitrogens with zero attached hydrogens (tertiary/aromatic N) is 3. The van der Waals surface area contributed by atoms with Crippen molar-refractivity contribution < 1.29 is 9.47 Å². The monoisotopic (exact) mass is 496 g/mol. The highest BCUT2D eigenvalue weighted by Crippen LogP contribution is 2.21. The van der Waals surface area contributed by atoms with Crippen molar-refractivity contribution in [2.75, 3.05) is 66.2 Å². The van der Waals surface area contributed by atoms with Gasteiger partial charge < -0.3 is 19.7 Å². The number of likely N-dealkylation sites (tertiary alicyclic amines) is 1. The van der Waals surface area contributed by atoms with E-state index in [1.54, 1.807) is 7.11 Å². The maximum atomic E-state index is 5.57. The summed E-state index contributed by atoms with van der Waals surface area (Å²) in [7, 11) is 1.80. The summed E-state index contributed by atoms with van der Waals surface area (Å²) in [5.74, 6) is 2.40. The fraction of sp³-hybridized carbons (Fsp3) is 0.950. The van der Waals surface area contributed by atoms with E-state index in [0.717, 1.165) is 65.0 Å². The van der Waals surface area contributed by atoms with E-state index in [0.29, 0.717) is 17.9 Å². The molecule has 2 aliphatic heterocycles. The highest BCUT2D eigenvalue weighted by molar-refractivity contribution is 14.0. The second-order valence-corrected chi connectivity index (χ2v) is 7.54. The standard InChI is InChI=1S/C20H40N4O2.HI/c1-5-18(6-2)19(23-10-12-26-13-11-23)14-22-20(21-7-3)24-9-8-17(15-24)16-25-4;/h17-19H,5-16H2,1-4H3,(H,21,22);1H. The van der Waals surface area contributed by atoms with Crippen LogP contribution in [-0.4, -0.2) is 88.0 Å². The topological polar surface area (TPSA) is 49.3 Å². The van der Waals surface area contributed by atoms with Crippen LogP contribution in [0.15, 0.2) is 4.99 Å². The van der Waals surface area contributed by atoms with Gasteiger partial charge in [-0.05, 0) is 19.3 Å². The van der Waals surface area contributed by atoms with Gasteiger partial charge in [-0.1, -0.05) is 26.7 Å². The van der Waals surface area contributed by atoms with Crippen LogP contribution < -0.4 is 5.32 Å². The van der Waals surface area contributed by atoms with Crippen molar-refractivity contribution >= 4 is 29.9 Å². The molecule has 7 heteroatoms. The summed E-state index contributed by atoms with van der Waals surface area (Å²) >= 11 is 0. The summed E-state index contributed by atoms with van der Waals surface area (Å²) in [4.78, 5) is 10.1. The number of aliphatic imine (C=N–C) groups is 1. The molecule has 2 saturated heterocycles. The van der Waals surface area contributed by atoms with Gasteiger partial charge in [0.1, 0.15) is 0 Å². The number of hydrogen-bond donors (Lipinski definition) is 1. The average molecular weight is 496 g/mol. The van der Waals surface area contributed by atoms with Gasteiger partial charge in [-0.15, -0.1) is 24.0 Å². The maximum absolute atomic E-state index is 5.57. The largest absolute Gasteiger partial charge is 0.384 e. The Morgan fingerprint density at radius 3 is 2.48 bits per heavy atom. The van der Waals surface area contributed by atoms with E-state index < -0.39 is 0 Å². The van der Waals surface area contributed by atoms with Gasteiger partial charge >= 0.3 is 0 Å². The van der Waals surface area contributed by atoms with E-state index >= 15 is 0 Å². The Hall–Kier alpha value is -0.120. The molecular weight excluding hydrogens is 455 g/mol. The summed E-state index contributed by atoms with van der Waals surface area (Å²) < 4.78 is 10.9. The quantitative estimate of drug-likeness (QED) is 0.302. The van der Waals surface area contributed by atoms with Crippen LogP contribution >= 0.6 is 24.0 Å². The number of nitrogens with one attached hydrogen (secondary N) is 1. The molecule has 6 nitrogen and oxygen atoms in total. The third kappa shape index (κ3) is 7.66. The third-order valence-corrected chi connectivity index (χ3v) is 5.86. The van der Waals surface area contributed by atoms with Crippen LogP contribution in [0.2, 0.25) is 0 Å². The van der Waals surface area contributed by atoms with Crippen LogP contribution in [0.3, 0.4) is 0 Å². The highest BCUT2D eigenvalue weighted by Gasteiger charge is 2.28. The minimum atomic E-state index is 0. The van der Waals surface area contributed by atoms with Crippen molar-refractivity contribution in [3.8, 4) is 0 Å². The van der Waals surface area contributed by atoms with E-state index in [9.17, 15) is 0 Å². The SMILES string of the molecule is CCNC(=NCC(C(CC)CC)N1CCOCC1)N1CCC(COC)C1.I. The predicted molar refractivity (Wildman–Crippen MR) is 123 cm³/mol. The van der Waals surface area contributed by atoms with Gasteiger partial charge in [0.15, 0.2) is 5.96 Å². The Balaban J connectivity index is 0.00000364. The number of morpholine rings is 1. The maximum Gasteiger partial charge on any atom is 0.193 e. The lowest BCUT2D eigenvalue weighted by Gasteiger charge is -2.38. The first kappa shape index (κ1) is 24.9. The van der Waals surface area contributed by atoms with Gasteiger partial charge in [0.05, 0.1) is 26.4 Å². The van der Waals surface area contributed by atoms with Crippen molar-refractivity contribution in [3.05, 3.63) is 0 Å². The Morgan fingerprint density at radius 1 is 1.19 bits per heavy atom. The van der Waals surface area contributed by atoms with Crippen LogP contribution in [0.1, 0.15) is 40.0 Å². The summed E-state index contributed by atoms with van der Waals surface area (Å²) in [6, 6.07) is 0.514. The molecule has 2 heterocycles. The van der Waals surface area contributed by atoms with E-state index in [-0.39, 0.29) is 24.0 Å². The van der Waals surface area contributed by atoms with Crippen molar-refractivity contribution in [1.82, 2.24) is 15.1 Å². The Bertz CT molecular complexity index is 415. The van der Waals surface area contributed by atoms with Gasteiger partial charge in [-0.2, -0.15) is 0 Å². The number of ether oxygens (including phenoxy) is 2. The molecular formula is C20H41IN4O2. The van der Waals surface area contributed by atoms with Crippen molar-refractivity contribution in [1.29, 1.82) is 0 Å². The number of guanidine groups is 1. The molecule has 0 saturated carbocycles. The minimum Gasteiger partial charge on any atom is -0.384 e. The van der Waals surface area contributed by atoms with Crippen LogP contribution in [0.5, 0.6) is 0 Å². The molecule has 2 fully saturated rings. The smallest absolute Gasteiger partial charge is 0.193 e. The summed E-state index contributed by atoms with van der Waals surface area (Å²) in [5, 5.41) is 3.51. The molecule has 0 spiro atoms. The average Bonchev–Trinajstić information content (AvgIpc) is 3.13. The van der Waals surface area contributed by atoms with Gasteiger partial charge in [-0.25, -0.2) is 0 Å². The zero-order chi connectivity index (χ0) is 18.8. The zero-order valence-electron chi connectivity index (χ0n) is 17.8. The summed E-state index contributed by atoms with van der Waals surface area (Å²) in [6.07, 6.45) is 3.62. The lowest BCUT2D eigenvalue weighted by Crippen LogP contribution is -2.49. The van der Waals surface area contributed by atoms with Crippen molar-refractivity contribution in [2.24, 2.45) is 16.8 Å². The second kappa shape index (κ2) is 14.0. The van der Waals surface area contributed by atoms with Crippen molar-refractivity contribution in [2.45, 2.75) is 46.1 Å². The Morgan fingerprint density at radius 2 is 1.89 bits per heavy atom. The molecule has 0 aliphatic carbocycles. The molecule has 2 aliphatic rings. The van der Waals surface area contributed by atoms with Crippen LogP contribution in [0, 0.1) is 11.8 Å². The molecule has 0 bridgehead atoms. The molecule has 0 aromatic carbocycles. The molecule has 0 aromatic rings. The first-order valence-corrected chi connectivity index (χ1v) is 10.6. The highest BCUT2D eigenvalue weighted by atomic mass is 127. The van der Waals surface area contributed by atoms with Crippen molar-refractivity contribution in [3.63, 3.8) is 0 Å². The van der Waals surface area contributed by atoms with Gasteiger partial charge in [0, 0.05) is 51.8 Å². The van der Waals surface area contributed by atoms with Crippen LogP contribution in [0.4, 0.5) is 0 Å². The van der Waals surface area contributed by atoms with Gasteiger partial charge in [-0.3, -0.25) is 9.89 Å². The van der Waals surface area contributed by atoms with E-state index in [2.05, 4.69) is 35.9 Å². The minimum absolute atomic E-state index is 0.